The Labute approximate surface area is 421 Å². The number of allylic oxidation sites excluding steroid dienone is 1. The number of carbonyl (C=O) groups is 2. The van der Waals surface area contributed by atoms with E-state index in [1.165, 1.54) is 38.5 Å². The van der Waals surface area contributed by atoms with E-state index >= 15 is 4.79 Å². The van der Waals surface area contributed by atoms with E-state index in [0.717, 1.165) is 80.9 Å². The fourth-order valence-electron chi connectivity index (χ4n) is 11.3. The second-order valence-electron chi connectivity index (χ2n) is 19.7. The summed E-state index contributed by atoms with van der Waals surface area (Å²) in [6.45, 7) is 9.85. The lowest BCUT2D eigenvalue weighted by Gasteiger charge is -2.59. The molecule has 2 fully saturated rings. The number of aliphatic hydroxyl groups is 2. The molecule has 3 N–H and O–H groups in total. The third-order valence-electron chi connectivity index (χ3n) is 14.7. The Balaban J connectivity index is 1.33. The van der Waals surface area contributed by atoms with Gasteiger partial charge in [0.15, 0.2) is 11.5 Å². The molecule has 15 nitrogen and oxygen atoms in total. The number of hydrogen-bond donors (Lipinski definition) is 3. The van der Waals surface area contributed by atoms with Crippen LogP contribution in [0.25, 0.3) is 0 Å². The van der Waals surface area contributed by atoms with Gasteiger partial charge in [0, 0.05) is 50.6 Å². The van der Waals surface area contributed by atoms with Crippen molar-refractivity contribution in [2.45, 2.75) is 173 Å². The Morgan fingerprint density at radius 2 is 1.63 bits per heavy atom. The van der Waals surface area contributed by atoms with E-state index in [1.54, 1.807) is 17.0 Å². The van der Waals surface area contributed by atoms with Crippen molar-refractivity contribution >= 4 is 17.9 Å². The zero-order chi connectivity index (χ0) is 49.8. The molecule has 2 aliphatic carbocycles. The number of aliphatic hydroxyl groups excluding tert-OH is 2. The number of nitrogens with one attached hydrogen (secondary N) is 1. The van der Waals surface area contributed by atoms with Gasteiger partial charge in [0.25, 0.3) is 0 Å². The second kappa shape index (κ2) is 27.8. The molecule has 3 heterocycles. The summed E-state index contributed by atoms with van der Waals surface area (Å²) in [5.41, 5.74) is 3.17. The molecule has 7 rings (SSSR count). The van der Waals surface area contributed by atoms with Crippen LogP contribution in [0.5, 0.6) is 23.0 Å². The van der Waals surface area contributed by atoms with E-state index < -0.39 is 36.2 Å². The molecule has 1 unspecified atom stereocenters. The summed E-state index contributed by atoms with van der Waals surface area (Å²) in [4.78, 5) is 36.2. The van der Waals surface area contributed by atoms with Gasteiger partial charge in [-0.05, 0) is 105 Å². The van der Waals surface area contributed by atoms with Gasteiger partial charge < -0.3 is 53.5 Å². The largest absolute Gasteiger partial charge is 0.459 e. The molecule has 3 aliphatic heterocycles. The van der Waals surface area contributed by atoms with E-state index in [2.05, 4.69) is 24.9 Å². The van der Waals surface area contributed by atoms with Crippen molar-refractivity contribution in [2.24, 2.45) is 22.9 Å². The minimum Gasteiger partial charge on any atom is -0.459 e. The molecule has 1 saturated heterocycles. The highest BCUT2D eigenvalue weighted by atomic mass is 16.8. The average Bonchev–Trinajstić information content (AvgIpc) is 3.86. The third-order valence-corrected chi connectivity index (χ3v) is 14.7. The van der Waals surface area contributed by atoms with E-state index in [1.807, 2.05) is 37.3 Å². The quantitative estimate of drug-likeness (QED) is 0.0400. The highest BCUT2D eigenvalue weighted by Crippen LogP contribution is 2.62. The number of unbranched alkanes of at least 4 members (excludes halogenated alkanes) is 11. The van der Waals surface area contributed by atoms with Crippen molar-refractivity contribution in [3.8, 4) is 23.0 Å². The van der Waals surface area contributed by atoms with Gasteiger partial charge in [-0.25, -0.2) is 9.59 Å². The highest BCUT2D eigenvalue weighted by molar-refractivity contribution is 6.03. The lowest BCUT2D eigenvalue weighted by Crippen LogP contribution is -2.70. The fraction of sp³-hybridized carbons (Fsp3) is 0.661. The molecule has 2 amide bonds. The highest BCUT2D eigenvalue weighted by Gasteiger charge is 2.66. The number of nitrogens with zero attached hydrogens (tertiary/aromatic N) is 2. The van der Waals surface area contributed by atoms with Crippen LogP contribution < -0.4 is 24.3 Å². The Bertz CT molecular complexity index is 2070. The Kier molecular flexibility index (Phi) is 21.2. The lowest BCUT2D eigenvalue weighted by atomic mass is 9.55. The van der Waals surface area contributed by atoms with Gasteiger partial charge >= 0.3 is 12.2 Å². The molecule has 71 heavy (non-hydrogen) atoms. The van der Waals surface area contributed by atoms with Crippen molar-refractivity contribution < 1.29 is 57.8 Å². The molecule has 5 aliphatic rings. The van der Waals surface area contributed by atoms with Gasteiger partial charge in [-0.1, -0.05) is 101 Å². The van der Waals surface area contributed by atoms with E-state index in [9.17, 15) is 15.0 Å². The SMILES string of the molecule is C=CCO[C@@]12Oc3ccc(OC(=O)NCC)cc3[C@H]3[C@H](CCCCO)[C@@H](CCCCO)C=C(C(=NOC4CCCCO4)C[C@@H]1N(Cc1ccc4c(c1)OCO4)C(=O)OCCCCCCCCCCCC)[C@H]32. The van der Waals surface area contributed by atoms with Gasteiger partial charge in [0.1, 0.15) is 17.5 Å². The van der Waals surface area contributed by atoms with Crippen LogP contribution in [0.15, 0.2) is 65.9 Å². The minimum atomic E-state index is -1.53. The predicted octanol–water partition coefficient (Wildman–Crippen LogP) is 11.2. The van der Waals surface area contributed by atoms with Gasteiger partial charge in [-0.3, -0.25) is 4.90 Å². The first-order chi connectivity index (χ1) is 34.8. The van der Waals surface area contributed by atoms with Crippen molar-refractivity contribution in [3.63, 3.8) is 0 Å². The van der Waals surface area contributed by atoms with Crippen molar-refractivity contribution in [3.05, 3.63) is 71.8 Å². The standard InChI is InChI=1S/C56H81N3O12/c1-4-7-8-9-10-11-12-13-14-20-33-65-55(63)59(38-40-25-27-48-49(34-40)67-39-66-48)50-37-46(58-71-51-24-17-21-32-64-51)44-35-41(22-15-18-29-60)43(23-16-19-30-61)52-45-36-42(69-54(62)57-6-3)26-28-47(45)70-56(50,53(44)52)68-31-5-2/h5,25-28,34-36,41,43,50-53,60-61H,2,4,6-24,29-33,37-39H2,1,3H3,(H,57,62)/t41-,43+,50-,51?,52+,53+,56+/m0/s1. The minimum absolute atomic E-state index is 0.0101. The summed E-state index contributed by atoms with van der Waals surface area (Å²) < 4.78 is 44.4. The number of amides is 2. The topological polar surface area (TPSA) is 176 Å². The molecule has 1 saturated carbocycles. The zero-order valence-electron chi connectivity index (χ0n) is 42.5. The summed E-state index contributed by atoms with van der Waals surface area (Å²) in [7, 11) is 0. The van der Waals surface area contributed by atoms with Crippen LogP contribution in [0.1, 0.15) is 159 Å². The first kappa shape index (κ1) is 54.0. The normalized spacial score (nSPS) is 24.5. The molecule has 0 bridgehead atoms. The van der Waals surface area contributed by atoms with Gasteiger partial charge in [0.05, 0.1) is 31.5 Å². The summed E-state index contributed by atoms with van der Waals surface area (Å²) >= 11 is 0. The molecule has 2 aromatic rings. The maximum atomic E-state index is 15.2. The van der Waals surface area contributed by atoms with Crippen LogP contribution in [-0.2, 0) is 25.6 Å². The number of rotatable bonds is 29. The zero-order valence-corrected chi connectivity index (χ0v) is 42.5. The average molecular weight is 988 g/mol. The van der Waals surface area contributed by atoms with Crippen LogP contribution in [0.3, 0.4) is 0 Å². The van der Waals surface area contributed by atoms with Crippen LogP contribution in [-0.4, -0.2) is 97.5 Å². The van der Waals surface area contributed by atoms with Gasteiger partial charge in [-0.2, -0.15) is 0 Å². The van der Waals surface area contributed by atoms with Crippen LogP contribution in [0, 0.1) is 17.8 Å². The van der Waals surface area contributed by atoms with Crippen LogP contribution in [0.2, 0.25) is 0 Å². The molecule has 2 aromatic carbocycles. The Morgan fingerprint density at radius 3 is 2.37 bits per heavy atom. The van der Waals surface area contributed by atoms with Gasteiger partial charge in [-0.15, -0.1) is 6.58 Å². The van der Waals surface area contributed by atoms with Gasteiger partial charge in [0.2, 0.25) is 18.9 Å². The second-order valence-corrected chi connectivity index (χ2v) is 19.7. The smallest absolute Gasteiger partial charge is 0.412 e. The number of hydrogen-bond acceptors (Lipinski definition) is 13. The monoisotopic (exact) mass is 988 g/mol. The molecular formula is C56H81N3O12. The van der Waals surface area contributed by atoms with E-state index in [-0.39, 0.29) is 63.9 Å². The van der Waals surface area contributed by atoms with E-state index in [4.69, 9.17) is 43.2 Å². The molecule has 0 aromatic heterocycles. The molecular weight excluding hydrogens is 907 g/mol. The van der Waals surface area contributed by atoms with Crippen LogP contribution >= 0.6 is 0 Å². The summed E-state index contributed by atoms with van der Waals surface area (Å²) in [6, 6.07) is 10.3. The first-order valence-corrected chi connectivity index (χ1v) is 27.0. The Morgan fingerprint density at radius 1 is 0.887 bits per heavy atom. The Hall–Kier alpha value is -4.83. The maximum Gasteiger partial charge on any atom is 0.412 e. The number of oxime groups is 1. The summed E-state index contributed by atoms with van der Waals surface area (Å²) in [6.07, 6.45) is 21.1. The molecule has 0 radical (unpaired) electrons. The summed E-state index contributed by atoms with van der Waals surface area (Å²) in [5, 5.41) is 27.8. The van der Waals surface area contributed by atoms with E-state index in [0.29, 0.717) is 61.1 Å². The molecule has 7 atom stereocenters. The number of benzene rings is 2. The fourth-order valence-corrected chi connectivity index (χ4v) is 11.3. The predicted molar refractivity (Wildman–Crippen MR) is 271 cm³/mol. The van der Waals surface area contributed by atoms with Crippen molar-refractivity contribution in [1.29, 1.82) is 0 Å². The van der Waals surface area contributed by atoms with Crippen LogP contribution in [0.4, 0.5) is 9.59 Å². The molecule has 15 heteroatoms. The summed E-state index contributed by atoms with van der Waals surface area (Å²) in [5.74, 6) is -0.330. The molecule has 0 spiro atoms. The number of carbonyl (C=O) groups excluding carboxylic acids is 2. The first-order valence-electron chi connectivity index (χ1n) is 27.0. The van der Waals surface area contributed by atoms with Crippen molar-refractivity contribution in [1.82, 2.24) is 10.2 Å². The lowest BCUT2D eigenvalue weighted by molar-refractivity contribution is -0.256. The van der Waals surface area contributed by atoms with Crippen molar-refractivity contribution in [2.75, 3.05) is 46.4 Å². The number of fused-ring (bicyclic) bond motifs is 3. The third kappa shape index (κ3) is 14.0. The maximum absolute atomic E-state index is 15.2. The molecule has 392 valence electrons. The number of ether oxygens (including phenoxy) is 7.